The molecule has 0 unspecified atom stereocenters. The van der Waals surface area contributed by atoms with Crippen LogP contribution in [-0.4, -0.2) is 44.6 Å². The minimum absolute atomic E-state index is 0.223. The number of amides is 1. The third kappa shape index (κ3) is 3.65. The van der Waals surface area contributed by atoms with Gasteiger partial charge in [-0.05, 0) is 38.0 Å². The van der Waals surface area contributed by atoms with Crippen LogP contribution in [0.2, 0.25) is 0 Å². The van der Waals surface area contributed by atoms with Gasteiger partial charge in [-0.25, -0.2) is 12.8 Å². The third-order valence-corrected chi connectivity index (χ3v) is 6.38. The Bertz CT molecular complexity index is 670. The van der Waals surface area contributed by atoms with E-state index in [4.69, 9.17) is 0 Å². The number of hydrogen-bond donors (Lipinski definition) is 0. The van der Waals surface area contributed by atoms with Crippen molar-refractivity contribution >= 4 is 21.6 Å². The van der Waals surface area contributed by atoms with E-state index in [0.717, 1.165) is 25.7 Å². The van der Waals surface area contributed by atoms with Crippen molar-refractivity contribution in [3.63, 3.8) is 0 Å². The Balaban J connectivity index is 2.46. The number of halogens is 1. The summed E-state index contributed by atoms with van der Waals surface area (Å²) in [5.41, 5.74) is 0.287. The van der Waals surface area contributed by atoms with Gasteiger partial charge in [0.15, 0.2) is 5.25 Å². The molecule has 0 saturated heterocycles. The van der Waals surface area contributed by atoms with Gasteiger partial charge in [0.1, 0.15) is 5.82 Å². The van der Waals surface area contributed by atoms with Crippen LogP contribution in [0, 0.1) is 5.82 Å². The summed E-state index contributed by atoms with van der Waals surface area (Å²) in [6, 6.07) is 5.33. The number of rotatable bonds is 5. The van der Waals surface area contributed by atoms with Gasteiger partial charge in [0, 0.05) is 20.1 Å². The van der Waals surface area contributed by atoms with Crippen LogP contribution in [0.1, 0.15) is 32.6 Å². The van der Waals surface area contributed by atoms with Crippen molar-refractivity contribution in [2.24, 2.45) is 0 Å². The lowest BCUT2D eigenvalue weighted by Crippen LogP contribution is -2.48. The molecule has 0 spiro atoms. The number of nitrogens with zero attached hydrogens (tertiary/aromatic N) is 2. The van der Waals surface area contributed by atoms with Gasteiger partial charge in [-0.1, -0.05) is 18.9 Å². The van der Waals surface area contributed by atoms with Gasteiger partial charge in [0.05, 0.1) is 5.69 Å². The number of carbonyl (C=O) groups is 1. The van der Waals surface area contributed by atoms with Crippen LogP contribution in [0.25, 0.3) is 0 Å². The molecule has 0 bridgehead atoms. The minimum Gasteiger partial charge on any atom is -0.348 e. The van der Waals surface area contributed by atoms with E-state index in [9.17, 15) is 17.6 Å². The van der Waals surface area contributed by atoms with Crippen molar-refractivity contribution in [3.05, 3.63) is 30.1 Å². The second-order valence-electron chi connectivity index (χ2n) is 6.13. The molecule has 1 amide bonds. The first-order chi connectivity index (χ1) is 10.7. The predicted molar refractivity (Wildman–Crippen MR) is 88.2 cm³/mol. The molecule has 7 heteroatoms. The lowest BCUT2D eigenvalue weighted by molar-refractivity contribution is -0.127. The molecular weight excluding hydrogens is 319 g/mol. The zero-order valence-electron chi connectivity index (χ0n) is 13.7. The normalized spacial score (nSPS) is 17.0. The second kappa shape index (κ2) is 6.86. The Kier molecular flexibility index (Phi) is 5.29. The van der Waals surface area contributed by atoms with E-state index in [-0.39, 0.29) is 11.7 Å². The quantitative estimate of drug-likeness (QED) is 0.825. The summed E-state index contributed by atoms with van der Waals surface area (Å²) in [6.07, 6.45) is 3.31. The Morgan fingerprint density at radius 2 is 1.87 bits per heavy atom. The molecule has 0 aliphatic heterocycles. The molecule has 1 aliphatic carbocycles. The maximum absolute atomic E-state index is 13.6. The van der Waals surface area contributed by atoms with Crippen LogP contribution in [0.4, 0.5) is 10.1 Å². The molecule has 1 atom stereocenters. The average Bonchev–Trinajstić information content (AvgIpc) is 2.99. The molecule has 1 fully saturated rings. The van der Waals surface area contributed by atoms with Gasteiger partial charge in [-0.15, -0.1) is 0 Å². The van der Waals surface area contributed by atoms with Crippen molar-refractivity contribution in [1.29, 1.82) is 0 Å². The number of sulfonamides is 1. The monoisotopic (exact) mass is 342 g/mol. The third-order valence-electron chi connectivity index (χ3n) is 4.23. The zero-order valence-corrected chi connectivity index (χ0v) is 14.5. The lowest BCUT2D eigenvalue weighted by Gasteiger charge is -2.33. The highest BCUT2D eigenvalue weighted by atomic mass is 32.2. The SMILES string of the molecule is C[C@@H](C(=O)N(C)C)S(=O)(=O)N(c1cccc(F)c1)C1CCCC1. The van der Waals surface area contributed by atoms with Crippen LogP contribution < -0.4 is 4.31 Å². The van der Waals surface area contributed by atoms with E-state index < -0.39 is 27.0 Å². The van der Waals surface area contributed by atoms with Crippen molar-refractivity contribution in [2.75, 3.05) is 18.4 Å². The van der Waals surface area contributed by atoms with Gasteiger partial charge in [-0.2, -0.15) is 0 Å². The zero-order chi connectivity index (χ0) is 17.2. The first-order valence-corrected chi connectivity index (χ1v) is 9.25. The Morgan fingerprint density at radius 3 is 2.39 bits per heavy atom. The Labute approximate surface area is 137 Å². The first kappa shape index (κ1) is 17.7. The maximum atomic E-state index is 13.6. The molecule has 23 heavy (non-hydrogen) atoms. The van der Waals surface area contributed by atoms with Gasteiger partial charge in [0.25, 0.3) is 0 Å². The summed E-state index contributed by atoms with van der Waals surface area (Å²) < 4.78 is 40.9. The highest BCUT2D eigenvalue weighted by Gasteiger charge is 2.39. The number of hydrogen-bond acceptors (Lipinski definition) is 3. The number of carbonyl (C=O) groups excluding carboxylic acids is 1. The maximum Gasteiger partial charge on any atom is 0.247 e. The van der Waals surface area contributed by atoms with Gasteiger partial charge >= 0.3 is 0 Å². The molecule has 1 aromatic carbocycles. The molecule has 0 heterocycles. The molecule has 1 aromatic rings. The van der Waals surface area contributed by atoms with Crippen molar-refractivity contribution in [2.45, 2.75) is 43.9 Å². The standard InChI is InChI=1S/C16H23FN2O3S/c1-12(16(20)18(2)3)23(21,22)19(14-8-4-5-9-14)15-10-6-7-13(17)11-15/h6-7,10-12,14H,4-5,8-9H2,1-3H3/t12-/m0/s1. The minimum atomic E-state index is -3.92. The van der Waals surface area contributed by atoms with Crippen LogP contribution in [0.15, 0.2) is 24.3 Å². The fraction of sp³-hybridized carbons (Fsp3) is 0.562. The number of anilines is 1. The molecule has 1 aliphatic rings. The molecule has 0 N–H and O–H groups in total. The molecule has 2 rings (SSSR count). The summed E-state index contributed by atoms with van der Waals surface area (Å²) in [5.74, 6) is -0.975. The summed E-state index contributed by atoms with van der Waals surface area (Å²) in [6.45, 7) is 1.39. The van der Waals surface area contributed by atoms with Gasteiger partial charge in [0.2, 0.25) is 15.9 Å². The molecule has 128 valence electrons. The molecule has 1 saturated carbocycles. The second-order valence-corrected chi connectivity index (χ2v) is 8.26. The van der Waals surface area contributed by atoms with Crippen LogP contribution >= 0.6 is 0 Å². The van der Waals surface area contributed by atoms with Crippen LogP contribution in [-0.2, 0) is 14.8 Å². The summed E-state index contributed by atoms with van der Waals surface area (Å²) in [5, 5.41) is -1.21. The first-order valence-electron chi connectivity index (χ1n) is 7.75. The van der Waals surface area contributed by atoms with E-state index in [1.807, 2.05) is 0 Å². The molecule has 5 nitrogen and oxygen atoms in total. The van der Waals surface area contributed by atoms with Crippen molar-refractivity contribution in [1.82, 2.24) is 4.90 Å². The summed E-state index contributed by atoms with van der Waals surface area (Å²) in [7, 11) is -0.875. The van der Waals surface area contributed by atoms with E-state index >= 15 is 0 Å². The van der Waals surface area contributed by atoms with E-state index in [1.165, 1.54) is 48.4 Å². The summed E-state index contributed by atoms with van der Waals surface area (Å²) in [4.78, 5) is 13.4. The van der Waals surface area contributed by atoms with Gasteiger partial charge < -0.3 is 4.90 Å². The van der Waals surface area contributed by atoms with Crippen LogP contribution in [0.3, 0.4) is 0 Å². The smallest absolute Gasteiger partial charge is 0.247 e. The van der Waals surface area contributed by atoms with Crippen molar-refractivity contribution in [3.8, 4) is 0 Å². The Morgan fingerprint density at radius 1 is 1.26 bits per heavy atom. The van der Waals surface area contributed by atoms with E-state index in [0.29, 0.717) is 0 Å². The van der Waals surface area contributed by atoms with E-state index in [1.54, 1.807) is 6.07 Å². The topological polar surface area (TPSA) is 57.7 Å². The summed E-state index contributed by atoms with van der Waals surface area (Å²) >= 11 is 0. The van der Waals surface area contributed by atoms with Crippen molar-refractivity contribution < 1.29 is 17.6 Å². The average molecular weight is 342 g/mol. The predicted octanol–water partition coefficient (Wildman–Crippen LogP) is 2.38. The molecular formula is C16H23FN2O3S. The largest absolute Gasteiger partial charge is 0.348 e. The fourth-order valence-corrected chi connectivity index (χ4v) is 4.82. The number of benzene rings is 1. The highest BCUT2D eigenvalue weighted by molar-refractivity contribution is 7.94. The molecule has 0 aromatic heterocycles. The lowest BCUT2D eigenvalue weighted by atomic mass is 10.2. The van der Waals surface area contributed by atoms with Crippen LogP contribution in [0.5, 0.6) is 0 Å². The fourth-order valence-electron chi connectivity index (χ4n) is 2.98. The highest BCUT2D eigenvalue weighted by Crippen LogP contribution is 2.32. The van der Waals surface area contributed by atoms with E-state index in [2.05, 4.69) is 0 Å². The molecule has 0 radical (unpaired) electrons. The van der Waals surface area contributed by atoms with Gasteiger partial charge in [-0.3, -0.25) is 9.10 Å². The Hall–Kier alpha value is -1.63.